The van der Waals surface area contributed by atoms with E-state index < -0.39 is 9.84 Å². The first-order valence-electron chi connectivity index (χ1n) is 9.64. The third-order valence-corrected chi connectivity index (χ3v) is 8.67. The second kappa shape index (κ2) is 7.18. The highest BCUT2D eigenvalue weighted by molar-refractivity contribution is 7.92. The standard InChI is InChI=1S/C18H28N4O4S/c1-12-14(7-19-21(12)2)8-22-9-15-16(11-27(24,25)17(15)10-22)20-18(23)13-3-5-26-6-4-13/h7,13,15-17H,3-6,8-11H2,1-2H3,(H,20,23)/t15-,16+,17-/m0/s1. The number of rotatable bonds is 4. The molecule has 0 unspecified atom stereocenters. The number of fused-ring (bicyclic) bond motifs is 1. The van der Waals surface area contributed by atoms with Crippen molar-refractivity contribution in [1.29, 1.82) is 0 Å². The van der Waals surface area contributed by atoms with Crippen molar-refractivity contribution in [3.05, 3.63) is 17.5 Å². The fourth-order valence-electron chi connectivity index (χ4n) is 4.62. The number of nitrogens with zero attached hydrogens (tertiary/aromatic N) is 3. The van der Waals surface area contributed by atoms with Crippen LogP contribution < -0.4 is 5.32 Å². The van der Waals surface area contributed by atoms with Gasteiger partial charge in [0.1, 0.15) is 0 Å². The number of amides is 1. The zero-order valence-electron chi connectivity index (χ0n) is 15.9. The van der Waals surface area contributed by atoms with E-state index in [4.69, 9.17) is 4.74 Å². The van der Waals surface area contributed by atoms with Crippen LogP contribution in [0.1, 0.15) is 24.1 Å². The summed E-state index contributed by atoms with van der Waals surface area (Å²) in [5.41, 5.74) is 2.22. The number of carbonyl (C=O) groups excluding carboxylic acids is 1. The topological polar surface area (TPSA) is 93.5 Å². The molecule has 1 aromatic heterocycles. The lowest BCUT2D eigenvalue weighted by molar-refractivity contribution is -0.128. The number of likely N-dealkylation sites (tertiary alicyclic amines) is 1. The number of nitrogens with one attached hydrogen (secondary N) is 1. The van der Waals surface area contributed by atoms with Gasteiger partial charge in [0.05, 0.1) is 17.2 Å². The van der Waals surface area contributed by atoms with Gasteiger partial charge in [-0.25, -0.2) is 8.42 Å². The van der Waals surface area contributed by atoms with Gasteiger partial charge >= 0.3 is 0 Å². The van der Waals surface area contributed by atoms with Crippen molar-refractivity contribution < 1.29 is 17.9 Å². The van der Waals surface area contributed by atoms with Crippen molar-refractivity contribution >= 4 is 15.7 Å². The third-order valence-electron chi connectivity index (χ3n) is 6.43. The summed E-state index contributed by atoms with van der Waals surface area (Å²) in [5.74, 6) is -0.0376. The van der Waals surface area contributed by atoms with Crippen molar-refractivity contribution in [3.63, 3.8) is 0 Å². The van der Waals surface area contributed by atoms with E-state index in [1.165, 1.54) is 0 Å². The zero-order chi connectivity index (χ0) is 19.2. The third kappa shape index (κ3) is 3.64. The van der Waals surface area contributed by atoms with Crippen LogP contribution in [0.15, 0.2) is 6.20 Å². The summed E-state index contributed by atoms with van der Waals surface area (Å²) in [7, 11) is -1.27. The van der Waals surface area contributed by atoms with Gasteiger partial charge in [-0.2, -0.15) is 5.10 Å². The first-order valence-corrected chi connectivity index (χ1v) is 11.4. The molecule has 4 rings (SSSR count). The second-order valence-corrected chi connectivity index (χ2v) is 10.4. The Morgan fingerprint density at radius 3 is 2.74 bits per heavy atom. The first kappa shape index (κ1) is 18.9. The summed E-state index contributed by atoms with van der Waals surface area (Å²) in [6.07, 6.45) is 3.28. The summed E-state index contributed by atoms with van der Waals surface area (Å²) in [4.78, 5) is 14.8. The number of ether oxygens (including phenoxy) is 1. The maximum Gasteiger partial charge on any atom is 0.223 e. The van der Waals surface area contributed by atoms with E-state index in [-0.39, 0.29) is 34.8 Å². The molecule has 0 aliphatic carbocycles. The Balaban J connectivity index is 1.43. The van der Waals surface area contributed by atoms with Gasteiger partial charge in [-0.05, 0) is 19.8 Å². The number of hydrogen-bond donors (Lipinski definition) is 1. The summed E-state index contributed by atoms with van der Waals surface area (Å²) in [5, 5.41) is 6.95. The van der Waals surface area contributed by atoms with Crippen molar-refractivity contribution in [2.45, 2.75) is 37.6 Å². The van der Waals surface area contributed by atoms with Gasteiger partial charge in [0.25, 0.3) is 0 Å². The van der Waals surface area contributed by atoms with Gasteiger partial charge in [-0.1, -0.05) is 0 Å². The maximum atomic E-state index is 12.7. The lowest BCUT2D eigenvalue weighted by Gasteiger charge is -2.25. The molecule has 3 fully saturated rings. The predicted molar refractivity (Wildman–Crippen MR) is 99.8 cm³/mol. The molecule has 0 bridgehead atoms. The average Bonchev–Trinajstić information content (AvgIpc) is 3.27. The fraction of sp³-hybridized carbons (Fsp3) is 0.778. The minimum Gasteiger partial charge on any atom is -0.381 e. The van der Waals surface area contributed by atoms with E-state index in [9.17, 15) is 13.2 Å². The van der Waals surface area contributed by atoms with E-state index in [1.807, 2.05) is 24.9 Å². The minimum atomic E-state index is -3.18. The Hall–Kier alpha value is -1.45. The highest BCUT2D eigenvalue weighted by Crippen LogP contribution is 2.35. The normalized spacial score (nSPS) is 31.1. The Bertz CT molecular complexity index is 815. The number of aromatic nitrogens is 2. The molecule has 150 valence electrons. The van der Waals surface area contributed by atoms with Crippen LogP contribution in [-0.2, 0) is 33.0 Å². The van der Waals surface area contributed by atoms with E-state index in [2.05, 4.69) is 15.3 Å². The van der Waals surface area contributed by atoms with Crippen molar-refractivity contribution in [2.75, 3.05) is 32.1 Å². The smallest absolute Gasteiger partial charge is 0.223 e. The molecule has 3 aliphatic heterocycles. The van der Waals surface area contributed by atoms with Gasteiger partial charge in [0.15, 0.2) is 9.84 Å². The monoisotopic (exact) mass is 396 g/mol. The van der Waals surface area contributed by atoms with Gasteiger partial charge in [-0.15, -0.1) is 0 Å². The molecule has 0 aromatic carbocycles. The lowest BCUT2D eigenvalue weighted by atomic mass is 9.96. The number of carbonyl (C=O) groups is 1. The van der Waals surface area contributed by atoms with Crippen LogP contribution in [0.2, 0.25) is 0 Å². The van der Waals surface area contributed by atoms with Gasteiger partial charge in [0.2, 0.25) is 5.91 Å². The van der Waals surface area contributed by atoms with Gasteiger partial charge in [-0.3, -0.25) is 14.4 Å². The van der Waals surface area contributed by atoms with Crippen LogP contribution in [0, 0.1) is 18.8 Å². The Morgan fingerprint density at radius 2 is 2.07 bits per heavy atom. The predicted octanol–water partition coefficient (Wildman–Crippen LogP) is -0.131. The van der Waals surface area contributed by atoms with Crippen molar-refractivity contribution in [3.8, 4) is 0 Å². The summed E-state index contributed by atoms with van der Waals surface area (Å²) in [6, 6.07) is -0.282. The molecule has 0 saturated carbocycles. The second-order valence-electron chi connectivity index (χ2n) is 8.11. The molecule has 8 nitrogen and oxygen atoms in total. The Labute approximate surface area is 160 Å². The van der Waals surface area contributed by atoms with Crippen LogP contribution in [0.25, 0.3) is 0 Å². The molecule has 0 spiro atoms. The molecule has 1 N–H and O–H groups in total. The summed E-state index contributed by atoms with van der Waals surface area (Å²) >= 11 is 0. The molecule has 3 saturated heterocycles. The number of sulfone groups is 1. The highest BCUT2D eigenvalue weighted by atomic mass is 32.2. The van der Waals surface area contributed by atoms with Crippen LogP contribution in [0.3, 0.4) is 0 Å². The van der Waals surface area contributed by atoms with Gasteiger partial charge in [0, 0.05) is 69.0 Å². The van der Waals surface area contributed by atoms with E-state index in [0.29, 0.717) is 45.7 Å². The molecule has 3 aliphatic rings. The number of hydrogen-bond acceptors (Lipinski definition) is 6. The zero-order valence-corrected chi connectivity index (χ0v) is 16.7. The largest absolute Gasteiger partial charge is 0.381 e. The average molecular weight is 397 g/mol. The quantitative estimate of drug-likeness (QED) is 0.762. The molecule has 1 amide bonds. The Morgan fingerprint density at radius 1 is 1.33 bits per heavy atom. The summed E-state index contributed by atoms with van der Waals surface area (Å²) < 4.78 is 32.5. The maximum absolute atomic E-state index is 12.7. The van der Waals surface area contributed by atoms with Crippen LogP contribution >= 0.6 is 0 Å². The molecule has 0 radical (unpaired) electrons. The number of aryl methyl sites for hydroxylation is 1. The molecule has 1 aromatic rings. The molecule has 4 heterocycles. The van der Waals surface area contributed by atoms with Crippen LogP contribution in [0.4, 0.5) is 0 Å². The first-order chi connectivity index (χ1) is 12.8. The molecule has 27 heavy (non-hydrogen) atoms. The van der Waals surface area contributed by atoms with Crippen LogP contribution in [0.5, 0.6) is 0 Å². The minimum absolute atomic E-state index is 0.0132. The fourth-order valence-corrected chi connectivity index (χ4v) is 6.95. The lowest BCUT2D eigenvalue weighted by Crippen LogP contribution is -2.45. The molecule has 3 atom stereocenters. The van der Waals surface area contributed by atoms with Crippen LogP contribution in [-0.4, -0.2) is 72.4 Å². The van der Waals surface area contributed by atoms with Gasteiger partial charge < -0.3 is 10.1 Å². The molecule has 9 heteroatoms. The van der Waals surface area contributed by atoms with Crippen molar-refractivity contribution in [1.82, 2.24) is 20.0 Å². The van der Waals surface area contributed by atoms with E-state index >= 15 is 0 Å². The Kier molecular flexibility index (Phi) is 5.02. The molecular weight excluding hydrogens is 368 g/mol. The van der Waals surface area contributed by atoms with Crippen molar-refractivity contribution in [2.24, 2.45) is 18.9 Å². The SMILES string of the molecule is Cc1c(CN2C[C@H]3[C@H](NC(=O)C4CCOCC4)CS(=O)(=O)[C@H]3C2)cnn1C. The highest BCUT2D eigenvalue weighted by Gasteiger charge is 2.52. The summed E-state index contributed by atoms with van der Waals surface area (Å²) in [6.45, 7) is 5.15. The van der Waals surface area contributed by atoms with E-state index in [0.717, 1.165) is 11.3 Å². The van der Waals surface area contributed by atoms with E-state index in [1.54, 1.807) is 0 Å². The molecular formula is C18H28N4O4S.